The molecular weight excluding hydrogens is 329 g/mol. The van der Waals surface area contributed by atoms with Crippen LogP contribution in [0, 0.1) is 5.82 Å². The van der Waals surface area contributed by atoms with Crippen molar-refractivity contribution in [2.45, 2.75) is 37.5 Å². The number of piperidine rings is 1. The second-order valence-corrected chi connectivity index (χ2v) is 7.36. The van der Waals surface area contributed by atoms with Crippen molar-refractivity contribution in [1.82, 2.24) is 15.1 Å². The van der Waals surface area contributed by atoms with E-state index < -0.39 is 5.82 Å². The molecule has 0 saturated carbocycles. The lowest BCUT2D eigenvalue weighted by Gasteiger charge is -2.40. The normalized spacial score (nSPS) is 22.8. The van der Waals surface area contributed by atoms with Crippen molar-refractivity contribution in [3.8, 4) is 0 Å². The molecule has 126 valence electrons. The van der Waals surface area contributed by atoms with E-state index in [1.165, 1.54) is 23.4 Å². The van der Waals surface area contributed by atoms with Crippen LogP contribution in [-0.4, -0.2) is 34.1 Å². The van der Waals surface area contributed by atoms with Gasteiger partial charge in [-0.15, -0.1) is 0 Å². The van der Waals surface area contributed by atoms with E-state index in [9.17, 15) is 9.18 Å². The predicted octanol–water partition coefficient (Wildman–Crippen LogP) is 3.25. The van der Waals surface area contributed by atoms with Crippen molar-refractivity contribution in [1.29, 1.82) is 0 Å². The second-order valence-electron chi connectivity index (χ2n) is 6.92. The third kappa shape index (κ3) is 2.71. The number of nitrogens with zero attached hydrogens (tertiary/aromatic N) is 2. The summed E-state index contributed by atoms with van der Waals surface area (Å²) in [5.74, 6) is -0.373. The number of carbonyl (C=O) groups is 1. The summed E-state index contributed by atoms with van der Waals surface area (Å²) in [5.41, 5.74) is 3.12. The van der Waals surface area contributed by atoms with Gasteiger partial charge in [0.05, 0.1) is 12.6 Å². The number of carbonyl (C=O) groups excluding carboxylic acids is 1. The number of nitrogens with one attached hydrogen (secondary N) is 1. The Morgan fingerprint density at radius 3 is 3.08 bits per heavy atom. The number of hydrogen-bond donors (Lipinski definition) is 1. The molecule has 2 heterocycles. The van der Waals surface area contributed by atoms with Crippen LogP contribution in [0.15, 0.2) is 24.4 Å². The van der Waals surface area contributed by atoms with E-state index in [2.05, 4.69) is 10.2 Å². The minimum atomic E-state index is -0.404. The lowest BCUT2D eigenvalue weighted by Crippen LogP contribution is -2.48. The molecule has 0 bridgehead atoms. The van der Waals surface area contributed by atoms with Gasteiger partial charge in [0.1, 0.15) is 5.82 Å². The van der Waals surface area contributed by atoms with Crippen molar-refractivity contribution in [2.75, 3.05) is 13.1 Å². The van der Waals surface area contributed by atoms with Gasteiger partial charge in [0.2, 0.25) is 5.91 Å². The summed E-state index contributed by atoms with van der Waals surface area (Å²) in [5, 5.41) is 7.64. The first-order valence-corrected chi connectivity index (χ1v) is 8.69. The summed E-state index contributed by atoms with van der Waals surface area (Å²) in [6.07, 6.45) is 6.23. The Kier molecular flexibility index (Phi) is 3.83. The van der Waals surface area contributed by atoms with E-state index >= 15 is 0 Å². The quantitative estimate of drug-likeness (QED) is 0.906. The molecule has 1 amide bonds. The van der Waals surface area contributed by atoms with E-state index in [0.717, 1.165) is 32.2 Å². The number of likely N-dealkylation sites (tertiary alicyclic amines) is 1. The number of rotatable bonds is 2. The van der Waals surface area contributed by atoms with Gasteiger partial charge in [-0.2, -0.15) is 5.10 Å². The van der Waals surface area contributed by atoms with E-state index in [4.69, 9.17) is 11.6 Å². The molecule has 1 aliphatic heterocycles. The summed E-state index contributed by atoms with van der Waals surface area (Å²) in [6, 6.07) is 4.29. The fourth-order valence-corrected chi connectivity index (χ4v) is 4.46. The van der Waals surface area contributed by atoms with Crippen LogP contribution < -0.4 is 0 Å². The van der Waals surface area contributed by atoms with Crippen molar-refractivity contribution in [3.05, 3.63) is 52.1 Å². The Bertz CT molecular complexity index is 770. The van der Waals surface area contributed by atoms with E-state index in [0.29, 0.717) is 17.1 Å². The number of benzene rings is 1. The van der Waals surface area contributed by atoms with Gasteiger partial charge in [-0.3, -0.25) is 9.89 Å². The number of aromatic nitrogens is 2. The van der Waals surface area contributed by atoms with Crippen LogP contribution in [0.1, 0.15) is 36.1 Å². The molecule has 24 heavy (non-hydrogen) atoms. The average Bonchev–Trinajstić information content (AvgIpc) is 3.12. The molecule has 0 radical (unpaired) electrons. The number of H-pyrrole nitrogens is 1. The Morgan fingerprint density at radius 1 is 1.38 bits per heavy atom. The molecule has 6 heteroatoms. The van der Waals surface area contributed by atoms with Crippen LogP contribution in [0.25, 0.3) is 0 Å². The molecule has 4 rings (SSSR count). The van der Waals surface area contributed by atoms with Crippen molar-refractivity contribution < 1.29 is 9.18 Å². The molecule has 2 aliphatic rings. The predicted molar refractivity (Wildman–Crippen MR) is 89.5 cm³/mol. The fourth-order valence-electron chi connectivity index (χ4n) is 4.21. The molecule has 1 aromatic carbocycles. The van der Waals surface area contributed by atoms with Gasteiger partial charge < -0.3 is 4.90 Å². The third-order valence-electron chi connectivity index (χ3n) is 5.33. The Morgan fingerprint density at radius 2 is 2.25 bits per heavy atom. The molecule has 1 spiro atoms. The molecule has 1 aliphatic carbocycles. The van der Waals surface area contributed by atoms with Gasteiger partial charge in [0.15, 0.2) is 0 Å². The van der Waals surface area contributed by atoms with E-state index in [1.54, 1.807) is 6.07 Å². The maximum absolute atomic E-state index is 13.5. The first kappa shape index (κ1) is 15.6. The van der Waals surface area contributed by atoms with Gasteiger partial charge in [0.25, 0.3) is 0 Å². The summed E-state index contributed by atoms with van der Waals surface area (Å²) in [4.78, 5) is 14.6. The molecule has 1 N–H and O–H groups in total. The highest BCUT2D eigenvalue weighted by atomic mass is 35.5. The Hall–Kier alpha value is -1.88. The van der Waals surface area contributed by atoms with Gasteiger partial charge in [-0.05, 0) is 55.0 Å². The Labute approximate surface area is 145 Å². The molecule has 1 atom stereocenters. The highest BCUT2D eigenvalue weighted by Gasteiger charge is 2.44. The zero-order valence-electron chi connectivity index (χ0n) is 13.3. The first-order valence-electron chi connectivity index (χ1n) is 8.31. The number of aromatic amines is 1. The highest BCUT2D eigenvalue weighted by molar-refractivity contribution is 6.30. The van der Waals surface area contributed by atoms with Gasteiger partial charge in [-0.25, -0.2) is 4.39 Å². The van der Waals surface area contributed by atoms with Crippen LogP contribution in [0.2, 0.25) is 5.02 Å². The van der Waals surface area contributed by atoms with E-state index in [1.807, 2.05) is 11.1 Å². The smallest absolute Gasteiger partial charge is 0.227 e. The second kappa shape index (κ2) is 5.88. The standard InChI is InChI=1S/C18H19ClFN3O/c19-14-6-12(7-15(20)9-14)8-16(24)23-5-1-3-18(11-23)4-2-13-10-21-22-17(13)18/h6-7,9-10H,1-5,8,11H2,(H,21,22). The van der Waals surface area contributed by atoms with Gasteiger partial charge in [0, 0.05) is 29.2 Å². The molecule has 1 unspecified atom stereocenters. The van der Waals surface area contributed by atoms with Gasteiger partial charge >= 0.3 is 0 Å². The molecular formula is C18H19ClFN3O. The topological polar surface area (TPSA) is 49.0 Å². The number of aryl methyl sites for hydroxylation is 1. The average molecular weight is 348 g/mol. The maximum atomic E-state index is 13.5. The monoisotopic (exact) mass is 347 g/mol. The summed E-state index contributed by atoms with van der Waals surface area (Å²) >= 11 is 5.89. The van der Waals surface area contributed by atoms with Gasteiger partial charge in [-0.1, -0.05) is 11.6 Å². The van der Waals surface area contributed by atoms with Crippen LogP contribution in [0.4, 0.5) is 4.39 Å². The van der Waals surface area contributed by atoms with E-state index in [-0.39, 0.29) is 17.7 Å². The minimum absolute atomic E-state index is 0.0132. The SMILES string of the molecule is O=C(Cc1cc(F)cc(Cl)c1)N1CCCC2(CCc3cn[nH]c32)C1. The summed E-state index contributed by atoms with van der Waals surface area (Å²) in [7, 11) is 0. The van der Waals surface area contributed by atoms with Crippen LogP contribution in [0.5, 0.6) is 0 Å². The van der Waals surface area contributed by atoms with Crippen molar-refractivity contribution in [2.24, 2.45) is 0 Å². The number of amides is 1. The molecule has 2 aromatic rings. The lowest BCUT2D eigenvalue weighted by molar-refractivity contribution is -0.132. The van der Waals surface area contributed by atoms with Crippen LogP contribution >= 0.6 is 11.6 Å². The zero-order chi connectivity index (χ0) is 16.7. The molecule has 1 aromatic heterocycles. The lowest BCUT2D eigenvalue weighted by atomic mass is 9.77. The summed E-state index contributed by atoms with van der Waals surface area (Å²) in [6.45, 7) is 1.47. The van der Waals surface area contributed by atoms with Crippen LogP contribution in [-0.2, 0) is 23.1 Å². The summed E-state index contributed by atoms with van der Waals surface area (Å²) < 4.78 is 13.5. The molecule has 1 saturated heterocycles. The van der Waals surface area contributed by atoms with Crippen molar-refractivity contribution in [3.63, 3.8) is 0 Å². The molecule has 1 fully saturated rings. The number of hydrogen-bond acceptors (Lipinski definition) is 2. The maximum Gasteiger partial charge on any atom is 0.227 e. The van der Waals surface area contributed by atoms with Crippen LogP contribution in [0.3, 0.4) is 0 Å². The third-order valence-corrected chi connectivity index (χ3v) is 5.55. The fraction of sp³-hybridized carbons (Fsp3) is 0.444. The minimum Gasteiger partial charge on any atom is -0.341 e. The highest BCUT2D eigenvalue weighted by Crippen LogP contribution is 2.43. The zero-order valence-corrected chi connectivity index (χ0v) is 14.1. The largest absolute Gasteiger partial charge is 0.341 e. The number of halogens is 2. The molecule has 4 nitrogen and oxygen atoms in total. The Balaban J connectivity index is 1.51. The van der Waals surface area contributed by atoms with Crippen molar-refractivity contribution >= 4 is 17.5 Å². The number of fused-ring (bicyclic) bond motifs is 2. The first-order chi connectivity index (χ1) is 11.6.